The van der Waals surface area contributed by atoms with Gasteiger partial charge in [-0.25, -0.2) is 9.59 Å². The number of fused-ring (bicyclic) bond motifs is 6. The maximum atomic E-state index is 12.2. The summed E-state index contributed by atoms with van der Waals surface area (Å²) in [6.07, 6.45) is 0. The van der Waals surface area contributed by atoms with E-state index < -0.39 is 0 Å². The molecule has 29 heavy (non-hydrogen) atoms. The Hall–Kier alpha value is -2.06. The highest BCUT2D eigenvalue weighted by Crippen LogP contribution is 2.45. The Morgan fingerprint density at radius 1 is 0.828 bits per heavy atom. The van der Waals surface area contributed by atoms with Gasteiger partial charge in [0, 0.05) is 22.0 Å². The first-order valence-electron chi connectivity index (χ1n) is 9.41. The summed E-state index contributed by atoms with van der Waals surface area (Å²) in [5.74, 6) is -0.644. The Labute approximate surface area is 186 Å². The first kappa shape index (κ1) is 20.2. The van der Waals surface area contributed by atoms with E-state index in [1.165, 1.54) is 0 Å². The second kappa shape index (κ2) is 7.99. The van der Waals surface area contributed by atoms with Gasteiger partial charge in [0.2, 0.25) is 0 Å². The minimum atomic E-state index is -0.322. The van der Waals surface area contributed by atoms with Crippen LogP contribution in [0.3, 0.4) is 0 Å². The maximum absolute atomic E-state index is 12.2. The monoisotopic (exact) mass is 522 g/mol. The van der Waals surface area contributed by atoms with Gasteiger partial charge in [-0.15, -0.1) is 0 Å². The highest BCUT2D eigenvalue weighted by molar-refractivity contribution is 9.11. The number of benzene rings is 2. The molecule has 0 aromatic heterocycles. The van der Waals surface area contributed by atoms with E-state index in [9.17, 15) is 9.59 Å². The summed E-state index contributed by atoms with van der Waals surface area (Å²) in [5.41, 5.74) is 5.32. The number of ether oxygens (including phenoxy) is 2. The predicted molar refractivity (Wildman–Crippen MR) is 117 cm³/mol. The topological polar surface area (TPSA) is 59.1 Å². The number of nitrogens with zero attached hydrogens (tertiary/aromatic N) is 2. The zero-order valence-electron chi connectivity index (χ0n) is 16.1. The minimum Gasteiger partial charge on any atom is -0.462 e. The Kier molecular flexibility index (Phi) is 5.57. The molecule has 2 heterocycles. The molecule has 4 rings (SSSR count). The second-order valence-electron chi connectivity index (χ2n) is 6.91. The lowest BCUT2D eigenvalue weighted by atomic mass is 9.98. The number of esters is 2. The Morgan fingerprint density at radius 3 is 1.62 bits per heavy atom. The predicted octanol–water partition coefficient (Wildman–Crippen LogP) is 4.86. The number of hydrogen-bond acceptors (Lipinski definition) is 6. The number of anilines is 2. The Balaban J connectivity index is 1.73. The van der Waals surface area contributed by atoms with Crippen LogP contribution in [-0.4, -0.2) is 31.8 Å². The molecule has 0 unspecified atom stereocenters. The molecule has 0 fully saturated rings. The van der Waals surface area contributed by atoms with Crippen molar-refractivity contribution in [1.82, 2.24) is 0 Å². The van der Waals surface area contributed by atoms with Crippen molar-refractivity contribution < 1.29 is 19.1 Å². The fourth-order valence-corrected chi connectivity index (χ4v) is 5.45. The highest BCUT2D eigenvalue weighted by Gasteiger charge is 2.33. The van der Waals surface area contributed by atoms with Gasteiger partial charge in [-0.1, -0.05) is 0 Å². The quantitative estimate of drug-likeness (QED) is 0.533. The lowest BCUT2D eigenvalue weighted by molar-refractivity contribution is 0.0516. The molecule has 2 bridgehead atoms. The highest BCUT2D eigenvalue weighted by atomic mass is 79.9. The molecule has 0 aliphatic carbocycles. The van der Waals surface area contributed by atoms with E-state index in [0.29, 0.717) is 37.4 Å². The fourth-order valence-electron chi connectivity index (χ4n) is 3.94. The smallest absolute Gasteiger partial charge is 0.338 e. The summed E-state index contributed by atoms with van der Waals surface area (Å²) in [6, 6.07) is 7.44. The van der Waals surface area contributed by atoms with Crippen molar-refractivity contribution in [3.05, 3.63) is 55.5 Å². The van der Waals surface area contributed by atoms with Crippen LogP contribution >= 0.6 is 31.9 Å². The molecule has 2 aromatic carbocycles. The molecule has 0 spiro atoms. The van der Waals surface area contributed by atoms with E-state index in [1.54, 1.807) is 13.8 Å². The molecule has 6 nitrogen and oxygen atoms in total. The average Bonchev–Trinajstić information content (AvgIpc) is 2.67. The van der Waals surface area contributed by atoms with Crippen LogP contribution in [0, 0.1) is 0 Å². The molecular formula is C21H20Br2N2O4. The molecule has 152 valence electrons. The van der Waals surface area contributed by atoms with Crippen molar-refractivity contribution in [3.63, 3.8) is 0 Å². The number of halogens is 2. The van der Waals surface area contributed by atoms with E-state index in [1.807, 2.05) is 24.3 Å². The fraction of sp³-hybridized carbons (Fsp3) is 0.333. The number of carbonyl (C=O) groups is 2. The molecule has 0 atom stereocenters. The van der Waals surface area contributed by atoms with Crippen molar-refractivity contribution in [1.29, 1.82) is 0 Å². The van der Waals surface area contributed by atoms with Crippen LogP contribution in [-0.2, 0) is 22.6 Å². The van der Waals surface area contributed by atoms with Gasteiger partial charge in [0.05, 0.1) is 42.4 Å². The number of hydrogen-bond donors (Lipinski definition) is 0. The van der Waals surface area contributed by atoms with Crippen LogP contribution in [0.15, 0.2) is 33.2 Å². The lowest BCUT2D eigenvalue weighted by Crippen LogP contribution is -2.46. The van der Waals surface area contributed by atoms with Crippen molar-refractivity contribution in [3.8, 4) is 0 Å². The standard InChI is InChI=1S/C21H20Br2N2O4/c1-3-28-20(26)12-5-14-9-24-11-25(18(14)16(22)7-12)10-15-6-13(21(27)29-4-2)8-17(23)19(15)24/h5-8H,3-4,9-11H2,1-2H3. The molecule has 8 heteroatoms. The van der Waals surface area contributed by atoms with Gasteiger partial charge in [-0.3, -0.25) is 0 Å². The third kappa shape index (κ3) is 3.64. The van der Waals surface area contributed by atoms with Gasteiger partial charge in [-0.05, 0) is 81.1 Å². The zero-order valence-corrected chi connectivity index (χ0v) is 19.3. The molecule has 0 radical (unpaired) electrons. The molecule has 0 saturated carbocycles. The SMILES string of the molecule is CCOC(=O)c1cc(Br)c2c(c1)CN1CN2Cc2cc(C(=O)OCC)cc(Br)c21. The largest absolute Gasteiger partial charge is 0.462 e. The third-order valence-corrected chi connectivity index (χ3v) is 6.21. The molecule has 0 N–H and O–H groups in total. The van der Waals surface area contributed by atoms with Crippen LogP contribution < -0.4 is 9.80 Å². The van der Waals surface area contributed by atoms with Crippen molar-refractivity contribution in [2.75, 3.05) is 29.7 Å². The van der Waals surface area contributed by atoms with E-state index >= 15 is 0 Å². The van der Waals surface area contributed by atoms with E-state index in [-0.39, 0.29) is 11.9 Å². The van der Waals surface area contributed by atoms with Gasteiger partial charge < -0.3 is 19.3 Å². The van der Waals surface area contributed by atoms with Crippen molar-refractivity contribution in [2.45, 2.75) is 26.9 Å². The molecule has 2 aromatic rings. The van der Waals surface area contributed by atoms with Crippen molar-refractivity contribution in [2.24, 2.45) is 0 Å². The number of carbonyl (C=O) groups excluding carboxylic acids is 2. The van der Waals surface area contributed by atoms with Gasteiger partial charge in [0.1, 0.15) is 0 Å². The van der Waals surface area contributed by atoms with Gasteiger partial charge >= 0.3 is 11.9 Å². The first-order valence-corrected chi connectivity index (χ1v) is 11.0. The Morgan fingerprint density at radius 2 is 1.24 bits per heavy atom. The average molecular weight is 524 g/mol. The van der Waals surface area contributed by atoms with Crippen LogP contribution in [0.4, 0.5) is 11.4 Å². The summed E-state index contributed by atoms with van der Waals surface area (Å²) in [5, 5.41) is 0. The van der Waals surface area contributed by atoms with E-state index in [2.05, 4.69) is 41.7 Å². The summed E-state index contributed by atoms with van der Waals surface area (Å²) < 4.78 is 12.0. The van der Waals surface area contributed by atoms with Gasteiger partial charge in [0.25, 0.3) is 0 Å². The maximum Gasteiger partial charge on any atom is 0.338 e. The van der Waals surface area contributed by atoms with Crippen LogP contribution in [0.25, 0.3) is 0 Å². The van der Waals surface area contributed by atoms with Gasteiger partial charge in [0.15, 0.2) is 0 Å². The lowest BCUT2D eigenvalue weighted by Gasteiger charge is -2.45. The van der Waals surface area contributed by atoms with E-state index in [0.717, 1.165) is 38.1 Å². The second-order valence-corrected chi connectivity index (χ2v) is 8.62. The van der Waals surface area contributed by atoms with Crippen LogP contribution in [0.2, 0.25) is 0 Å². The number of rotatable bonds is 4. The van der Waals surface area contributed by atoms with E-state index in [4.69, 9.17) is 9.47 Å². The molecule has 0 amide bonds. The normalized spacial score (nSPS) is 14.2. The van der Waals surface area contributed by atoms with Crippen molar-refractivity contribution >= 4 is 55.2 Å². The first-order chi connectivity index (χ1) is 13.9. The van der Waals surface area contributed by atoms with Crippen LogP contribution in [0.5, 0.6) is 0 Å². The molecule has 2 aliphatic rings. The Bertz CT molecular complexity index is 929. The third-order valence-electron chi connectivity index (χ3n) is 5.00. The minimum absolute atomic E-state index is 0.322. The summed E-state index contributed by atoms with van der Waals surface area (Å²) in [4.78, 5) is 28.9. The summed E-state index contributed by atoms with van der Waals surface area (Å²) in [6.45, 7) is 6.32. The molecule has 0 saturated heterocycles. The summed E-state index contributed by atoms with van der Waals surface area (Å²) in [7, 11) is 0. The molecular weight excluding hydrogens is 504 g/mol. The van der Waals surface area contributed by atoms with Crippen LogP contribution in [0.1, 0.15) is 45.7 Å². The summed E-state index contributed by atoms with van der Waals surface area (Å²) >= 11 is 7.28. The molecule has 2 aliphatic heterocycles. The zero-order chi connectivity index (χ0) is 20.7. The van der Waals surface area contributed by atoms with Gasteiger partial charge in [-0.2, -0.15) is 0 Å².